The van der Waals surface area contributed by atoms with E-state index >= 15 is 0 Å². The van der Waals surface area contributed by atoms with Crippen LogP contribution in [-0.2, 0) is 10.0 Å². The molecule has 1 aromatic heterocycles. The van der Waals surface area contributed by atoms with Gasteiger partial charge in [-0.1, -0.05) is 11.6 Å². The van der Waals surface area contributed by atoms with Gasteiger partial charge in [0.05, 0.1) is 10.6 Å². The Kier molecular flexibility index (Phi) is 5.86. The third-order valence-electron chi connectivity index (χ3n) is 4.08. The first-order valence-electron chi connectivity index (χ1n) is 8.03. The van der Waals surface area contributed by atoms with Crippen LogP contribution in [0.2, 0.25) is 5.02 Å². The molecule has 3 rings (SSSR count). The maximum absolute atomic E-state index is 12.8. The Bertz CT molecular complexity index is 929. The number of nitrogens with zero attached hydrogens (tertiary/aromatic N) is 2. The molecule has 6 nitrogen and oxygen atoms in total. The van der Waals surface area contributed by atoms with Crippen molar-refractivity contribution in [3.8, 4) is 0 Å². The number of thioether (sulfide) groups is 1. The highest BCUT2D eigenvalue weighted by atomic mass is 35.5. The number of sulfonamides is 1. The Morgan fingerprint density at radius 2 is 2.00 bits per heavy atom. The van der Waals surface area contributed by atoms with Crippen molar-refractivity contribution in [1.29, 1.82) is 0 Å². The molecule has 1 N–H and O–H groups in total. The fraction of sp³-hybridized carbons (Fsp3) is 0.294. The van der Waals surface area contributed by atoms with E-state index in [0.717, 1.165) is 12.8 Å². The normalized spacial score (nSPS) is 15.2. The van der Waals surface area contributed by atoms with Gasteiger partial charge in [-0.15, -0.1) is 11.8 Å². The number of anilines is 1. The highest BCUT2D eigenvalue weighted by Gasteiger charge is 2.29. The Balaban J connectivity index is 1.89. The van der Waals surface area contributed by atoms with Crippen LogP contribution in [0, 0.1) is 0 Å². The van der Waals surface area contributed by atoms with Gasteiger partial charge in [0.2, 0.25) is 10.0 Å². The molecule has 0 unspecified atom stereocenters. The number of nitrogens with one attached hydrogen (secondary N) is 1. The van der Waals surface area contributed by atoms with Crippen LogP contribution in [-0.4, -0.2) is 43.0 Å². The molecule has 0 atom stereocenters. The second kappa shape index (κ2) is 7.96. The van der Waals surface area contributed by atoms with E-state index in [9.17, 15) is 13.2 Å². The van der Waals surface area contributed by atoms with Crippen molar-refractivity contribution < 1.29 is 13.2 Å². The molecule has 0 radical (unpaired) electrons. The maximum atomic E-state index is 12.8. The number of aromatic nitrogens is 1. The number of pyridine rings is 1. The van der Waals surface area contributed by atoms with Crippen molar-refractivity contribution in [2.24, 2.45) is 0 Å². The number of amides is 1. The van der Waals surface area contributed by atoms with Crippen LogP contribution < -0.4 is 5.32 Å². The molecule has 1 aliphatic rings. The van der Waals surface area contributed by atoms with Crippen molar-refractivity contribution in [1.82, 2.24) is 9.29 Å². The molecule has 138 valence electrons. The molecular formula is C17H18ClN3O3S2. The molecule has 0 spiro atoms. The van der Waals surface area contributed by atoms with E-state index in [4.69, 9.17) is 11.6 Å². The lowest BCUT2D eigenvalue weighted by Gasteiger charge is -2.17. The Morgan fingerprint density at radius 3 is 2.69 bits per heavy atom. The zero-order valence-electron chi connectivity index (χ0n) is 14.1. The minimum atomic E-state index is -3.67. The van der Waals surface area contributed by atoms with Crippen LogP contribution in [0.1, 0.15) is 23.2 Å². The predicted octanol–water partition coefficient (Wildman–Crippen LogP) is 3.49. The highest BCUT2D eigenvalue weighted by molar-refractivity contribution is 7.98. The number of carbonyl (C=O) groups excluding carboxylic acids is 1. The molecule has 0 aliphatic carbocycles. The van der Waals surface area contributed by atoms with Gasteiger partial charge < -0.3 is 5.32 Å². The first-order valence-corrected chi connectivity index (χ1v) is 11.1. The quantitative estimate of drug-likeness (QED) is 0.762. The smallest absolute Gasteiger partial charge is 0.258 e. The van der Waals surface area contributed by atoms with Crippen LogP contribution >= 0.6 is 23.4 Å². The average molecular weight is 412 g/mol. The van der Waals surface area contributed by atoms with Gasteiger partial charge in [0, 0.05) is 25.0 Å². The van der Waals surface area contributed by atoms with Gasteiger partial charge in [-0.2, -0.15) is 4.31 Å². The Labute approximate surface area is 162 Å². The van der Waals surface area contributed by atoms with Crippen LogP contribution in [0.15, 0.2) is 46.5 Å². The number of rotatable bonds is 5. The summed E-state index contributed by atoms with van der Waals surface area (Å²) in [5.41, 5.74) is 0.798. The molecule has 2 aromatic rings. The van der Waals surface area contributed by atoms with Crippen molar-refractivity contribution in [2.45, 2.75) is 22.8 Å². The number of carbonyl (C=O) groups is 1. The van der Waals surface area contributed by atoms with Crippen LogP contribution in [0.25, 0.3) is 0 Å². The monoisotopic (exact) mass is 411 g/mol. The van der Waals surface area contributed by atoms with Gasteiger partial charge in [0.1, 0.15) is 9.92 Å². The molecule has 9 heteroatoms. The lowest BCUT2D eigenvalue weighted by Crippen LogP contribution is -2.28. The Morgan fingerprint density at radius 1 is 1.27 bits per heavy atom. The lowest BCUT2D eigenvalue weighted by atomic mass is 10.2. The Hall–Kier alpha value is -1.61. The SMILES string of the molecule is CSc1ncccc1C(=O)Nc1ccc(Cl)c(S(=O)(=O)N2CCCC2)c1. The third kappa shape index (κ3) is 3.88. The minimum Gasteiger partial charge on any atom is -0.322 e. The molecule has 1 aliphatic heterocycles. The van der Waals surface area contributed by atoms with Gasteiger partial charge in [-0.25, -0.2) is 13.4 Å². The van der Waals surface area contributed by atoms with Crippen LogP contribution in [0.5, 0.6) is 0 Å². The summed E-state index contributed by atoms with van der Waals surface area (Å²) < 4.78 is 27.0. The summed E-state index contributed by atoms with van der Waals surface area (Å²) in [5.74, 6) is -0.353. The van der Waals surface area contributed by atoms with E-state index < -0.39 is 10.0 Å². The van der Waals surface area contributed by atoms with Crippen molar-refractivity contribution in [3.05, 3.63) is 47.1 Å². The number of hydrogen-bond donors (Lipinski definition) is 1. The van der Waals surface area contributed by atoms with Gasteiger partial charge in [-0.3, -0.25) is 4.79 Å². The van der Waals surface area contributed by atoms with Crippen LogP contribution in [0.3, 0.4) is 0 Å². The molecule has 0 bridgehead atoms. The lowest BCUT2D eigenvalue weighted by molar-refractivity contribution is 0.102. The summed E-state index contributed by atoms with van der Waals surface area (Å²) in [6, 6.07) is 7.83. The summed E-state index contributed by atoms with van der Waals surface area (Å²) in [5, 5.41) is 3.47. The van der Waals surface area contributed by atoms with E-state index in [1.165, 1.54) is 28.2 Å². The zero-order chi connectivity index (χ0) is 18.7. The van der Waals surface area contributed by atoms with Crippen molar-refractivity contribution >= 4 is 45.0 Å². The molecule has 1 fully saturated rings. The number of hydrogen-bond acceptors (Lipinski definition) is 5. The predicted molar refractivity (Wildman–Crippen MR) is 103 cm³/mol. The summed E-state index contributed by atoms with van der Waals surface area (Å²) >= 11 is 7.49. The van der Waals surface area contributed by atoms with Gasteiger partial charge in [0.15, 0.2) is 0 Å². The van der Waals surface area contributed by atoms with Crippen molar-refractivity contribution in [2.75, 3.05) is 24.7 Å². The molecule has 0 saturated carbocycles. The van der Waals surface area contributed by atoms with Gasteiger partial charge in [0.25, 0.3) is 5.91 Å². The summed E-state index contributed by atoms with van der Waals surface area (Å²) in [6.45, 7) is 0.976. The first-order chi connectivity index (χ1) is 12.4. The fourth-order valence-electron chi connectivity index (χ4n) is 2.77. The highest BCUT2D eigenvalue weighted by Crippen LogP contribution is 2.30. The van der Waals surface area contributed by atoms with Gasteiger partial charge >= 0.3 is 0 Å². The average Bonchev–Trinajstić information content (AvgIpc) is 3.18. The van der Waals surface area contributed by atoms with Gasteiger partial charge in [-0.05, 0) is 49.4 Å². The molecule has 1 amide bonds. The third-order valence-corrected chi connectivity index (χ3v) is 7.17. The fourth-order valence-corrected chi connectivity index (χ4v) is 5.34. The first kappa shape index (κ1) is 19.2. The van der Waals surface area contributed by atoms with E-state index in [0.29, 0.717) is 29.4 Å². The largest absolute Gasteiger partial charge is 0.322 e. The van der Waals surface area contributed by atoms with E-state index in [1.807, 2.05) is 6.26 Å². The standard InChI is InChI=1S/C17H18ClN3O3S2/c1-25-17-13(5-4-8-19-17)16(22)20-12-6-7-14(18)15(11-12)26(23,24)21-9-2-3-10-21/h4-8,11H,2-3,9-10H2,1H3,(H,20,22). The van der Waals surface area contributed by atoms with E-state index in [2.05, 4.69) is 10.3 Å². The zero-order valence-corrected chi connectivity index (χ0v) is 16.5. The molecule has 2 heterocycles. The second-order valence-corrected chi connectivity index (χ2v) is 8.88. The summed E-state index contributed by atoms with van der Waals surface area (Å²) in [6.07, 6.45) is 5.13. The summed E-state index contributed by atoms with van der Waals surface area (Å²) in [4.78, 5) is 16.7. The molecule has 26 heavy (non-hydrogen) atoms. The minimum absolute atomic E-state index is 0.00939. The van der Waals surface area contributed by atoms with Crippen LogP contribution in [0.4, 0.5) is 5.69 Å². The molecule has 1 saturated heterocycles. The second-order valence-electron chi connectivity index (χ2n) is 5.77. The van der Waals surface area contributed by atoms with Crippen molar-refractivity contribution in [3.63, 3.8) is 0 Å². The van der Waals surface area contributed by atoms with E-state index in [1.54, 1.807) is 24.4 Å². The maximum Gasteiger partial charge on any atom is 0.258 e. The molecular weight excluding hydrogens is 394 g/mol. The number of benzene rings is 1. The number of halogens is 1. The van der Waals surface area contributed by atoms with E-state index in [-0.39, 0.29) is 15.8 Å². The topological polar surface area (TPSA) is 79.4 Å². The summed E-state index contributed by atoms with van der Waals surface area (Å²) in [7, 11) is -3.67. The molecule has 1 aromatic carbocycles.